The number of nitrogens with zero attached hydrogens (tertiary/aromatic N) is 2. The lowest BCUT2D eigenvalue weighted by atomic mass is 9.89. The molecule has 0 fully saturated rings. The fraction of sp³-hybridized carbons (Fsp3) is 0.190. The largest absolute Gasteiger partial charge is 0.378 e. The van der Waals surface area contributed by atoms with Crippen molar-refractivity contribution in [2.45, 2.75) is 13.0 Å². The number of benzene rings is 2. The fourth-order valence-corrected chi connectivity index (χ4v) is 3.43. The smallest absolute Gasteiger partial charge is 0.213 e. The highest BCUT2D eigenvalue weighted by molar-refractivity contribution is 5.84. The summed E-state index contributed by atoms with van der Waals surface area (Å²) < 4.78 is 2.36. The third-order valence-electron chi connectivity index (χ3n) is 4.66. The van der Waals surface area contributed by atoms with Gasteiger partial charge in [0.1, 0.15) is 0 Å². The molecule has 0 bridgehead atoms. The Hall–Kier alpha value is -2.61. The Morgan fingerprint density at radius 3 is 2.48 bits per heavy atom. The highest BCUT2D eigenvalue weighted by Crippen LogP contribution is 2.36. The van der Waals surface area contributed by atoms with Gasteiger partial charge in [-0.05, 0) is 34.9 Å². The summed E-state index contributed by atoms with van der Waals surface area (Å²) in [7, 11) is 4.15. The Labute approximate surface area is 137 Å². The fourth-order valence-electron chi connectivity index (χ4n) is 3.43. The predicted octanol–water partition coefficient (Wildman–Crippen LogP) is 3.93. The van der Waals surface area contributed by atoms with Crippen molar-refractivity contribution in [1.82, 2.24) is 0 Å². The van der Waals surface area contributed by atoms with Crippen molar-refractivity contribution in [2.24, 2.45) is 0 Å². The van der Waals surface area contributed by atoms with Crippen molar-refractivity contribution in [1.29, 1.82) is 0 Å². The average Bonchev–Trinajstić information content (AvgIpc) is 2.61. The number of aryl methyl sites for hydroxylation is 2. The van der Waals surface area contributed by atoms with Crippen molar-refractivity contribution in [3.05, 3.63) is 72.4 Å². The van der Waals surface area contributed by atoms with E-state index in [1.807, 2.05) is 0 Å². The van der Waals surface area contributed by atoms with Crippen LogP contribution in [0.5, 0.6) is 0 Å². The first-order chi connectivity index (χ1) is 11.2. The Morgan fingerprint density at radius 1 is 0.870 bits per heavy atom. The minimum absolute atomic E-state index is 1.06. The highest BCUT2D eigenvalue weighted by Gasteiger charge is 2.24. The Balaban J connectivity index is 1.89. The van der Waals surface area contributed by atoms with Gasteiger partial charge >= 0.3 is 0 Å². The molecule has 114 valence electrons. The molecule has 2 nitrogen and oxygen atoms in total. The maximum absolute atomic E-state index is 2.36. The molecule has 2 aromatic carbocycles. The maximum Gasteiger partial charge on any atom is 0.213 e. The van der Waals surface area contributed by atoms with Crippen molar-refractivity contribution in [2.75, 3.05) is 19.0 Å². The van der Waals surface area contributed by atoms with E-state index in [0.717, 1.165) is 13.0 Å². The lowest BCUT2D eigenvalue weighted by Gasteiger charge is -2.19. The van der Waals surface area contributed by atoms with Crippen LogP contribution in [0.2, 0.25) is 0 Å². The summed E-state index contributed by atoms with van der Waals surface area (Å²) in [5.41, 5.74) is 7.99. The van der Waals surface area contributed by atoms with E-state index in [9.17, 15) is 0 Å². The number of pyridine rings is 1. The Bertz CT molecular complexity index is 848. The molecule has 0 N–H and O–H groups in total. The molecule has 0 saturated carbocycles. The summed E-state index contributed by atoms with van der Waals surface area (Å²) in [5, 5.41) is 0. The first kappa shape index (κ1) is 14.0. The first-order valence-electron chi connectivity index (χ1n) is 8.12. The van der Waals surface area contributed by atoms with Gasteiger partial charge in [0.2, 0.25) is 5.69 Å². The molecule has 0 spiro atoms. The quantitative estimate of drug-likeness (QED) is 0.651. The molecule has 0 amide bonds. The molecule has 0 atom stereocenters. The molecule has 23 heavy (non-hydrogen) atoms. The summed E-state index contributed by atoms with van der Waals surface area (Å²) >= 11 is 0. The van der Waals surface area contributed by atoms with E-state index in [1.54, 1.807) is 0 Å². The number of hydrogen-bond acceptors (Lipinski definition) is 1. The van der Waals surface area contributed by atoms with E-state index in [0.29, 0.717) is 0 Å². The second kappa shape index (κ2) is 5.54. The van der Waals surface area contributed by atoms with Crippen LogP contribution in [0, 0.1) is 0 Å². The molecule has 0 aliphatic carbocycles. The second-order valence-corrected chi connectivity index (χ2v) is 6.31. The van der Waals surface area contributed by atoms with Crippen LogP contribution in [0.1, 0.15) is 5.56 Å². The van der Waals surface area contributed by atoms with E-state index >= 15 is 0 Å². The minimum Gasteiger partial charge on any atom is -0.378 e. The maximum atomic E-state index is 2.36. The molecular weight excluding hydrogens is 280 g/mol. The zero-order chi connectivity index (χ0) is 15.8. The third-order valence-corrected chi connectivity index (χ3v) is 4.66. The Kier molecular flexibility index (Phi) is 3.38. The van der Waals surface area contributed by atoms with E-state index < -0.39 is 0 Å². The van der Waals surface area contributed by atoms with Gasteiger partial charge in [-0.3, -0.25) is 0 Å². The van der Waals surface area contributed by atoms with Gasteiger partial charge in [-0.25, -0.2) is 0 Å². The van der Waals surface area contributed by atoms with Crippen LogP contribution in [0.3, 0.4) is 0 Å². The van der Waals surface area contributed by atoms with Gasteiger partial charge in [0.25, 0.3) is 0 Å². The van der Waals surface area contributed by atoms with Crippen LogP contribution >= 0.6 is 0 Å². The van der Waals surface area contributed by atoms with E-state index in [4.69, 9.17) is 0 Å². The van der Waals surface area contributed by atoms with Crippen molar-refractivity contribution in [3.8, 4) is 22.4 Å². The number of hydrogen-bond donors (Lipinski definition) is 0. The van der Waals surface area contributed by atoms with Gasteiger partial charge in [-0.2, -0.15) is 4.57 Å². The van der Waals surface area contributed by atoms with Crippen molar-refractivity contribution in [3.63, 3.8) is 0 Å². The van der Waals surface area contributed by atoms with Crippen molar-refractivity contribution < 1.29 is 4.57 Å². The van der Waals surface area contributed by atoms with Gasteiger partial charge < -0.3 is 4.90 Å². The summed E-state index contributed by atoms with van der Waals surface area (Å²) in [5.74, 6) is 0. The minimum atomic E-state index is 1.06. The van der Waals surface area contributed by atoms with Crippen molar-refractivity contribution >= 4 is 5.69 Å². The highest BCUT2D eigenvalue weighted by atomic mass is 15.1. The van der Waals surface area contributed by atoms with Crippen LogP contribution in [-0.4, -0.2) is 14.1 Å². The van der Waals surface area contributed by atoms with Gasteiger partial charge in [-0.1, -0.05) is 30.3 Å². The molecular formula is C21H21N2+. The molecule has 2 heterocycles. The normalized spacial score (nSPS) is 12.4. The van der Waals surface area contributed by atoms with Crippen LogP contribution in [0.25, 0.3) is 22.4 Å². The second-order valence-electron chi connectivity index (χ2n) is 6.31. The lowest BCUT2D eigenvalue weighted by molar-refractivity contribution is -0.687. The number of fused-ring (bicyclic) bond motifs is 3. The van der Waals surface area contributed by atoms with Crippen LogP contribution in [0.15, 0.2) is 66.9 Å². The lowest BCUT2D eigenvalue weighted by Crippen LogP contribution is -2.39. The summed E-state index contributed by atoms with van der Waals surface area (Å²) in [6.07, 6.45) is 3.28. The monoisotopic (exact) mass is 301 g/mol. The van der Waals surface area contributed by atoms with Gasteiger partial charge in [0, 0.05) is 38.3 Å². The molecule has 0 saturated heterocycles. The molecule has 4 rings (SSSR count). The van der Waals surface area contributed by atoms with E-state index in [-0.39, 0.29) is 0 Å². The standard InChI is InChI=1S/C21H21N2/c1-22(2)18-11-9-16(10-12-18)19-7-5-6-17-13-15-23-14-4-3-8-20(23)21(17)19/h3-12,14H,13,15H2,1-2H3/q+1. The van der Waals surface area contributed by atoms with E-state index in [1.165, 1.54) is 33.6 Å². The summed E-state index contributed by atoms with van der Waals surface area (Å²) in [4.78, 5) is 2.13. The first-order valence-corrected chi connectivity index (χ1v) is 8.12. The number of rotatable bonds is 2. The number of aromatic nitrogens is 1. The molecule has 0 unspecified atom stereocenters. The summed E-state index contributed by atoms with van der Waals surface area (Å²) in [6, 6.07) is 22.0. The van der Waals surface area contributed by atoms with Gasteiger partial charge in [0.05, 0.1) is 5.56 Å². The molecule has 1 aliphatic rings. The van der Waals surface area contributed by atoms with E-state index in [2.05, 4.69) is 90.4 Å². The van der Waals surface area contributed by atoms with Crippen LogP contribution in [0.4, 0.5) is 5.69 Å². The molecule has 1 aromatic heterocycles. The summed E-state index contributed by atoms with van der Waals surface area (Å²) in [6.45, 7) is 1.06. The molecule has 2 heteroatoms. The molecule has 1 aliphatic heterocycles. The van der Waals surface area contributed by atoms with Gasteiger partial charge in [-0.15, -0.1) is 0 Å². The van der Waals surface area contributed by atoms with Crippen LogP contribution < -0.4 is 9.47 Å². The average molecular weight is 301 g/mol. The zero-order valence-electron chi connectivity index (χ0n) is 13.7. The topological polar surface area (TPSA) is 7.12 Å². The van der Waals surface area contributed by atoms with Gasteiger partial charge in [0.15, 0.2) is 12.7 Å². The SMILES string of the molecule is CN(C)c1ccc(-c2cccc3c2-c2cccc[n+]2CC3)cc1. The molecule has 3 aromatic rings. The predicted molar refractivity (Wildman–Crippen MR) is 95.5 cm³/mol. The Morgan fingerprint density at radius 2 is 1.70 bits per heavy atom. The third kappa shape index (κ3) is 2.40. The van der Waals surface area contributed by atoms with Crippen LogP contribution in [-0.2, 0) is 13.0 Å². The molecule has 0 radical (unpaired) electrons. The zero-order valence-corrected chi connectivity index (χ0v) is 13.7. The number of anilines is 1.